The molecule has 1 unspecified atom stereocenters. The lowest BCUT2D eigenvalue weighted by atomic mass is 10.0. The quantitative estimate of drug-likeness (QED) is 0.488. The summed E-state index contributed by atoms with van der Waals surface area (Å²) in [6, 6.07) is 20.0. The number of pyridine rings is 1. The van der Waals surface area contributed by atoms with E-state index in [1.165, 1.54) is 5.56 Å². The van der Waals surface area contributed by atoms with E-state index in [2.05, 4.69) is 28.1 Å². The van der Waals surface area contributed by atoms with Gasteiger partial charge in [0.1, 0.15) is 0 Å². The number of carbonyl (C=O) groups excluding carboxylic acids is 1. The second-order valence-electron chi connectivity index (χ2n) is 8.48. The number of rotatable bonds is 4. The van der Waals surface area contributed by atoms with Gasteiger partial charge in [0.15, 0.2) is 0 Å². The molecule has 1 atom stereocenters. The minimum absolute atomic E-state index is 0.157. The zero-order chi connectivity index (χ0) is 22.2. The molecule has 0 spiro atoms. The third-order valence-corrected chi connectivity index (χ3v) is 6.58. The Labute approximate surface area is 192 Å². The molecule has 5 rings (SSSR count). The van der Waals surface area contributed by atoms with Gasteiger partial charge in [0, 0.05) is 48.5 Å². The van der Waals surface area contributed by atoms with Crippen LogP contribution in [0, 0.1) is 0 Å². The zero-order valence-electron chi connectivity index (χ0n) is 18.0. The second kappa shape index (κ2) is 8.41. The lowest BCUT2D eigenvalue weighted by Crippen LogP contribution is -2.54. The van der Waals surface area contributed by atoms with Crippen molar-refractivity contribution in [3.05, 3.63) is 83.0 Å². The maximum absolute atomic E-state index is 13.1. The monoisotopic (exact) mass is 444 g/mol. The van der Waals surface area contributed by atoms with E-state index in [1.807, 2.05) is 48.2 Å². The highest BCUT2D eigenvalue weighted by molar-refractivity contribution is 6.31. The average molecular weight is 445 g/mol. The highest BCUT2D eigenvalue weighted by atomic mass is 35.5. The van der Waals surface area contributed by atoms with Crippen LogP contribution >= 0.6 is 11.6 Å². The van der Waals surface area contributed by atoms with E-state index in [0.717, 1.165) is 51.0 Å². The van der Waals surface area contributed by atoms with Crippen molar-refractivity contribution in [3.8, 4) is 0 Å². The molecule has 1 amide bonds. The van der Waals surface area contributed by atoms with Gasteiger partial charge in [-0.05, 0) is 59.2 Å². The van der Waals surface area contributed by atoms with Crippen molar-refractivity contribution in [2.24, 2.45) is 0 Å². The molecule has 0 saturated carbocycles. The Morgan fingerprint density at radius 2 is 1.72 bits per heavy atom. The summed E-state index contributed by atoms with van der Waals surface area (Å²) in [4.78, 5) is 21.7. The summed E-state index contributed by atoms with van der Waals surface area (Å²) in [5.41, 5.74) is 9.88. The Kier molecular flexibility index (Phi) is 5.45. The van der Waals surface area contributed by atoms with Crippen LogP contribution in [0.4, 0.5) is 5.69 Å². The largest absolute Gasteiger partial charge is 0.398 e. The standard InChI is InChI=1S/C26H25ClN4O/c1-17-26(32)31(16-19-3-7-23-24(28)8-9-29-25(23)13-19)11-10-30(17)15-18-2-4-21-14-22(27)6-5-20(21)12-18/h2-9,12-14,17H,10-11,15-16H2,1H3,(H2,28,29). The first-order chi connectivity index (χ1) is 15.5. The number of halogens is 1. The van der Waals surface area contributed by atoms with Crippen molar-refractivity contribution in [1.82, 2.24) is 14.8 Å². The summed E-state index contributed by atoms with van der Waals surface area (Å²) in [5, 5.41) is 3.97. The van der Waals surface area contributed by atoms with Gasteiger partial charge in [-0.1, -0.05) is 41.9 Å². The summed E-state index contributed by atoms with van der Waals surface area (Å²) < 4.78 is 0. The minimum atomic E-state index is -0.168. The highest BCUT2D eigenvalue weighted by Gasteiger charge is 2.31. The van der Waals surface area contributed by atoms with Crippen LogP contribution in [0.15, 0.2) is 66.9 Å². The molecule has 1 aliphatic rings. The summed E-state index contributed by atoms with van der Waals surface area (Å²) in [6.45, 7) is 4.87. The number of nitrogens with two attached hydrogens (primary N) is 1. The van der Waals surface area contributed by atoms with Crippen LogP contribution in [0.25, 0.3) is 21.7 Å². The number of anilines is 1. The highest BCUT2D eigenvalue weighted by Crippen LogP contribution is 2.24. The Morgan fingerprint density at radius 3 is 2.59 bits per heavy atom. The Bertz CT molecular complexity index is 1320. The van der Waals surface area contributed by atoms with E-state index in [4.69, 9.17) is 17.3 Å². The SMILES string of the molecule is CC1C(=O)N(Cc2ccc3c(N)ccnc3c2)CCN1Cc1ccc2cc(Cl)ccc2c1. The summed E-state index contributed by atoms with van der Waals surface area (Å²) in [7, 11) is 0. The van der Waals surface area contributed by atoms with Crippen molar-refractivity contribution < 1.29 is 4.79 Å². The third kappa shape index (κ3) is 4.01. The molecule has 1 aromatic heterocycles. The predicted octanol–water partition coefficient (Wildman–Crippen LogP) is 4.86. The van der Waals surface area contributed by atoms with Crippen molar-refractivity contribution in [3.63, 3.8) is 0 Å². The van der Waals surface area contributed by atoms with E-state index in [-0.39, 0.29) is 11.9 Å². The molecule has 1 saturated heterocycles. The van der Waals surface area contributed by atoms with Crippen molar-refractivity contribution in [1.29, 1.82) is 0 Å². The van der Waals surface area contributed by atoms with Crippen LogP contribution in [-0.4, -0.2) is 39.8 Å². The van der Waals surface area contributed by atoms with Crippen LogP contribution in [0.1, 0.15) is 18.1 Å². The van der Waals surface area contributed by atoms with Gasteiger partial charge in [-0.2, -0.15) is 0 Å². The van der Waals surface area contributed by atoms with Gasteiger partial charge in [-0.15, -0.1) is 0 Å². The molecule has 162 valence electrons. The molecule has 0 bridgehead atoms. The fourth-order valence-corrected chi connectivity index (χ4v) is 4.66. The molecule has 2 N–H and O–H groups in total. The van der Waals surface area contributed by atoms with Crippen LogP contribution in [-0.2, 0) is 17.9 Å². The molecule has 5 nitrogen and oxygen atoms in total. The Hall–Kier alpha value is -3.15. The van der Waals surface area contributed by atoms with Crippen molar-refractivity contribution in [2.75, 3.05) is 18.8 Å². The summed E-state index contributed by atoms with van der Waals surface area (Å²) in [5.74, 6) is 0.157. The first kappa shape index (κ1) is 20.7. The number of aromatic nitrogens is 1. The van der Waals surface area contributed by atoms with Crippen LogP contribution < -0.4 is 5.73 Å². The van der Waals surface area contributed by atoms with Gasteiger partial charge in [-0.25, -0.2) is 0 Å². The van der Waals surface area contributed by atoms with Gasteiger partial charge in [0.25, 0.3) is 0 Å². The van der Waals surface area contributed by atoms with Crippen LogP contribution in [0.5, 0.6) is 0 Å². The average Bonchev–Trinajstić information content (AvgIpc) is 2.79. The van der Waals surface area contributed by atoms with Gasteiger partial charge in [0.05, 0.1) is 11.6 Å². The normalized spacial score (nSPS) is 17.4. The topological polar surface area (TPSA) is 62.5 Å². The van der Waals surface area contributed by atoms with E-state index >= 15 is 0 Å². The lowest BCUT2D eigenvalue weighted by molar-refractivity contribution is -0.142. The fourth-order valence-electron chi connectivity index (χ4n) is 4.48. The minimum Gasteiger partial charge on any atom is -0.398 e. The lowest BCUT2D eigenvalue weighted by Gasteiger charge is -2.39. The van der Waals surface area contributed by atoms with Gasteiger partial charge >= 0.3 is 0 Å². The molecule has 3 aromatic carbocycles. The smallest absolute Gasteiger partial charge is 0.239 e. The maximum atomic E-state index is 13.1. The molecule has 32 heavy (non-hydrogen) atoms. The van der Waals surface area contributed by atoms with Gasteiger partial charge in [0.2, 0.25) is 5.91 Å². The van der Waals surface area contributed by atoms with Crippen molar-refractivity contribution >= 4 is 44.9 Å². The Morgan fingerprint density at radius 1 is 0.969 bits per heavy atom. The number of fused-ring (bicyclic) bond motifs is 2. The molecule has 1 fully saturated rings. The zero-order valence-corrected chi connectivity index (χ0v) is 18.7. The number of hydrogen-bond acceptors (Lipinski definition) is 4. The van der Waals surface area contributed by atoms with E-state index in [1.54, 1.807) is 12.3 Å². The number of nitrogen functional groups attached to an aromatic ring is 1. The molecule has 1 aliphatic heterocycles. The fraction of sp³-hybridized carbons (Fsp3) is 0.231. The second-order valence-corrected chi connectivity index (χ2v) is 8.92. The summed E-state index contributed by atoms with van der Waals surface area (Å²) >= 11 is 6.10. The number of hydrogen-bond donors (Lipinski definition) is 1. The maximum Gasteiger partial charge on any atom is 0.239 e. The van der Waals surface area contributed by atoms with Crippen molar-refractivity contribution in [2.45, 2.75) is 26.1 Å². The van der Waals surface area contributed by atoms with E-state index < -0.39 is 0 Å². The van der Waals surface area contributed by atoms with E-state index in [0.29, 0.717) is 13.1 Å². The molecule has 2 heterocycles. The molecular formula is C26H25ClN4O. The number of carbonyl (C=O) groups is 1. The molecule has 6 heteroatoms. The van der Waals surface area contributed by atoms with Gasteiger partial charge < -0.3 is 10.6 Å². The number of piperazine rings is 1. The molecule has 0 aliphatic carbocycles. The first-order valence-electron chi connectivity index (χ1n) is 10.8. The number of benzene rings is 3. The third-order valence-electron chi connectivity index (χ3n) is 6.34. The van der Waals surface area contributed by atoms with E-state index in [9.17, 15) is 4.79 Å². The predicted molar refractivity (Wildman–Crippen MR) is 130 cm³/mol. The number of amides is 1. The first-order valence-corrected chi connectivity index (χ1v) is 11.2. The molecule has 4 aromatic rings. The van der Waals surface area contributed by atoms with Crippen LogP contribution in [0.3, 0.4) is 0 Å². The number of nitrogens with zero attached hydrogens (tertiary/aromatic N) is 3. The van der Waals surface area contributed by atoms with Crippen LogP contribution in [0.2, 0.25) is 5.02 Å². The molecular weight excluding hydrogens is 420 g/mol. The van der Waals surface area contributed by atoms with Gasteiger partial charge in [-0.3, -0.25) is 14.7 Å². The summed E-state index contributed by atoms with van der Waals surface area (Å²) in [6.07, 6.45) is 1.72. The Balaban J connectivity index is 1.28. The molecule has 0 radical (unpaired) electrons.